The van der Waals surface area contributed by atoms with Crippen molar-refractivity contribution >= 4 is 0 Å². The Labute approximate surface area is 178 Å². The molecule has 0 aliphatic carbocycles. The molecule has 2 nitrogen and oxygen atoms in total. The van der Waals surface area contributed by atoms with Crippen LogP contribution >= 0.6 is 0 Å². The first-order chi connectivity index (χ1) is 14.0. The highest BCUT2D eigenvalue weighted by molar-refractivity contribution is 5.53. The lowest BCUT2D eigenvalue weighted by atomic mass is 9.90. The van der Waals surface area contributed by atoms with E-state index in [4.69, 9.17) is 9.47 Å². The molecule has 0 spiro atoms. The van der Waals surface area contributed by atoms with Crippen LogP contribution in [0.2, 0.25) is 0 Å². The number of allylic oxidation sites excluding steroid dienone is 7. The Hall–Kier alpha value is -2.08. The zero-order chi connectivity index (χ0) is 23.4. The molecule has 0 fully saturated rings. The van der Waals surface area contributed by atoms with Gasteiger partial charge in [-0.15, -0.1) is 0 Å². The second kappa shape index (κ2) is 14.0. The number of ether oxygens (including phenoxy) is 2. The fourth-order valence-electron chi connectivity index (χ4n) is 2.47. The maximum absolute atomic E-state index is 14.6. The van der Waals surface area contributed by atoms with Crippen molar-refractivity contribution < 1.29 is 27.0 Å². The van der Waals surface area contributed by atoms with Gasteiger partial charge in [0.1, 0.15) is 0 Å². The summed E-state index contributed by atoms with van der Waals surface area (Å²) in [5, 5.41) is 0. The van der Waals surface area contributed by atoms with Gasteiger partial charge in [-0.25, -0.2) is 13.2 Å². The number of halogens is 4. The molecule has 0 aromatic heterocycles. The molecule has 0 heterocycles. The molecule has 170 valence electrons. The normalized spacial score (nSPS) is 14.9. The highest BCUT2D eigenvalue weighted by Gasteiger charge is 2.23. The second-order valence-corrected chi connectivity index (χ2v) is 7.37. The van der Waals surface area contributed by atoms with Crippen LogP contribution in [0.25, 0.3) is 0 Å². The Kier molecular flexibility index (Phi) is 13.0. The molecule has 0 bridgehead atoms. The number of hydrogen-bond donors (Lipinski definition) is 0. The standard InChI is InChI=1S/C24H34F4O2/c1-9-13-30-20(7)24(28)23(27)19(6)18(5)22(26)21(25)17(4)16(3)11-10-15(2)12-14-29-8/h15-16H,4-7,9-14H2,1-3,8H3/b22-21-,24-23-. The van der Waals surface area contributed by atoms with E-state index in [1.54, 1.807) is 21.0 Å². The summed E-state index contributed by atoms with van der Waals surface area (Å²) in [7, 11) is 1.62. The van der Waals surface area contributed by atoms with E-state index in [1.807, 2.05) is 0 Å². The van der Waals surface area contributed by atoms with Gasteiger partial charge >= 0.3 is 0 Å². The van der Waals surface area contributed by atoms with Crippen LogP contribution in [0.4, 0.5) is 17.6 Å². The lowest BCUT2D eigenvalue weighted by Crippen LogP contribution is -2.06. The Morgan fingerprint density at radius 1 is 0.767 bits per heavy atom. The third-order valence-electron chi connectivity index (χ3n) is 4.79. The predicted molar refractivity (Wildman–Crippen MR) is 115 cm³/mol. The van der Waals surface area contributed by atoms with Crippen LogP contribution in [-0.2, 0) is 9.47 Å². The van der Waals surface area contributed by atoms with Crippen molar-refractivity contribution in [3.63, 3.8) is 0 Å². The molecule has 0 aromatic carbocycles. The average Bonchev–Trinajstić information content (AvgIpc) is 2.75. The number of methoxy groups -OCH3 is 1. The molecular weight excluding hydrogens is 396 g/mol. The summed E-state index contributed by atoms with van der Waals surface area (Å²) in [4.78, 5) is 0. The summed E-state index contributed by atoms with van der Waals surface area (Å²) >= 11 is 0. The smallest absolute Gasteiger partial charge is 0.200 e. The maximum Gasteiger partial charge on any atom is 0.200 e. The SMILES string of the molecule is C=C(OCCC)/C(F)=C(/F)C(=C)C(=C)/C(F)=C(/F)C(=C)C(C)CCC(C)CCOC. The van der Waals surface area contributed by atoms with Crippen molar-refractivity contribution in [3.8, 4) is 0 Å². The summed E-state index contributed by atoms with van der Waals surface area (Å²) in [5.74, 6) is -6.14. The van der Waals surface area contributed by atoms with Gasteiger partial charge in [-0.3, -0.25) is 0 Å². The molecule has 0 radical (unpaired) electrons. The van der Waals surface area contributed by atoms with E-state index in [0.717, 1.165) is 12.8 Å². The van der Waals surface area contributed by atoms with Gasteiger partial charge in [-0.1, -0.05) is 53.5 Å². The van der Waals surface area contributed by atoms with E-state index >= 15 is 0 Å². The van der Waals surface area contributed by atoms with Gasteiger partial charge in [0.2, 0.25) is 5.83 Å². The van der Waals surface area contributed by atoms with Gasteiger partial charge in [0.15, 0.2) is 23.2 Å². The fourth-order valence-corrected chi connectivity index (χ4v) is 2.47. The first-order valence-electron chi connectivity index (χ1n) is 9.99. The van der Waals surface area contributed by atoms with Gasteiger partial charge in [-0.05, 0) is 36.7 Å². The van der Waals surface area contributed by atoms with Gasteiger partial charge in [0.25, 0.3) is 0 Å². The van der Waals surface area contributed by atoms with Crippen LogP contribution in [0.1, 0.15) is 46.5 Å². The van der Waals surface area contributed by atoms with E-state index < -0.39 is 40.2 Å². The van der Waals surface area contributed by atoms with Crippen LogP contribution in [-0.4, -0.2) is 20.3 Å². The molecule has 0 amide bonds. The second-order valence-electron chi connectivity index (χ2n) is 7.37. The molecule has 2 atom stereocenters. The van der Waals surface area contributed by atoms with E-state index in [9.17, 15) is 17.6 Å². The van der Waals surface area contributed by atoms with Crippen molar-refractivity contribution in [2.75, 3.05) is 20.3 Å². The van der Waals surface area contributed by atoms with E-state index in [-0.39, 0.29) is 18.1 Å². The van der Waals surface area contributed by atoms with Crippen molar-refractivity contribution in [2.24, 2.45) is 11.8 Å². The third-order valence-corrected chi connectivity index (χ3v) is 4.79. The summed E-state index contributed by atoms with van der Waals surface area (Å²) in [6.07, 6.45) is 2.81. The average molecular weight is 431 g/mol. The molecule has 0 aromatic rings. The number of hydrogen-bond acceptors (Lipinski definition) is 2. The lowest BCUT2D eigenvalue weighted by molar-refractivity contribution is 0.177. The third kappa shape index (κ3) is 8.74. The summed E-state index contributed by atoms with van der Waals surface area (Å²) in [6, 6.07) is 0. The minimum absolute atomic E-state index is 0.0686. The van der Waals surface area contributed by atoms with E-state index in [2.05, 4.69) is 33.2 Å². The molecule has 0 aliphatic heterocycles. The predicted octanol–water partition coefficient (Wildman–Crippen LogP) is 7.99. The van der Waals surface area contributed by atoms with E-state index in [1.165, 1.54) is 0 Å². The zero-order valence-electron chi connectivity index (χ0n) is 18.6. The molecule has 30 heavy (non-hydrogen) atoms. The van der Waals surface area contributed by atoms with E-state index in [0.29, 0.717) is 25.4 Å². The van der Waals surface area contributed by atoms with Crippen molar-refractivity contribution in [1.29, 1.82) is 0 Å². The summed E-state index contributed by atoms with van der Waals surface area (Å²) < 4.78 is 67.4. The molecule has 0 saturated carbocycles. The van der Waals surface area contributed by atoms with Crippen LogP contribution in [0.15, 0.2) is 72.1 Å². The summed E-state index contributed by atoms with van der Waals surface area (Å²) in [5.41, 5.74) is -1.50. The Bertz CT molecular complexity index is 704. The van der Waals surface area contributed by atoms with Crippen LogP contribution in [0, 0.1) is 11.8 Å². The molecule has 0 N–H and O–H groups in total. The van der Waals surface area contributed by atoms with Gasteiger partial charge in [0, 0.05) is 24.9 Å². The molecule has 0 saturated heterocycles. The monoisotopic (exact) mass is 430 g/mol. The number of rotatable bonds is 15. The van der Waals surface area contributed by atoms with Crippen LogP contribution in [0.3, 0.4) is 0 Å². The van der Waals surface area contributed by atoms with Crippen LogP contribution < -0.4 is 0 Å². The largest absolute Gasteiger partial charge is 0.491 e. The topological polar surface area (TPSA) is 18.5 Å². The quantitative estimate of drug-likeness (QED) is 0.149. The lowest BCUT2D eigenvalue weighted by Gasteiger charge is -2.17. The fraction of sp³-hybridized carbons (Fsp3) is 0.500. The molecule has 0 rings (SSSR count). The highest BCUT2D eigenvalue weighted by Crippen LogP contribution is 2.35. The molecular formula is C24H34F4O2. The van der Waals surface area contributed by atoms with Gasteiger partial charge in [0.05, 0.1) is 6.61 Å². The molecule has 6 heteroatoms. The van der Waals surface area contributed by atoms with Crippen LogP contribution in [0.5, 0.6) is 0 Å². The highest BCUT2D eigenvalue weighted by atomic mass is 19.2. The Morgan fingerprint density at radius 3 is 1.80 bits per heavy atom. The minimum atomic E-state index is -1.50. The molecule has 2 unspecified atom stereocenters. The van der Waals surface area contributed by atoms with Crippen molar-refractivity contribution in [1.82, 2.24) is 0 Å². The first kappa shape index (κ1) is 27.9. The van der Waals surface area contributed by atoms with Crippen molar-refractivity contribution in [2.45, 2.75) is 46.5 Å². The molecule has 0 aliphatic rings. The Morgan fingerprint density at radius 2 is 1.30 bits per heavy atom. The Balaban J connectivity index is 5.23. The zero-order valence-corrected chi connectivity index (χ0v) is 18.6. The van der Waals surface area contributed by atoms with Crippen molar-refractivity contribution in [3.05, 3.63) is 72.1 Å². The minimum Gasteiger partial charge on any atom is -0.491 e. The first-order valence-corrected chi connectivity index (χ1v) is 9.99. The summed E-state index contributed by atoms with van der Waals surface area (Å²) in [6.45, 7) is 19.8. The van der Waals surface area contributed by atoms with Gasteiger partial charge < -0.3 is 9.47 Å². The van der Waals surface area contributed by atoms with Gasteiger partial charge in [-0.2, -0.15) is 4.39 Å². The maximum atomic E-state index is 14.6.